The first-order valence-corrected chi connectivity index (χ1v) is 11.8. The van der Waals surface area contributed by atoms with Crippen molar-refractivity contribution in [3.63, 3.8) is 0 Å². The van der Waals surface area contributed by atoms with E-state index in [-0.39, 0.29) is 28.9 Å². The number of fused-ring (bicyclic) bond motifs is 2. The number of nitrogens with zero attached hydrogens (tertiary/aromatic N) is 1. The number of halogens is 3. The van der Waals surface area contributed by atoms with Crippen molar-refractivity contribution >= 4 is 16.9 Å². The maximum Gasteiger partial charge on any atom is 0.307 e. The fourth-order valence-corrected chi connectivity index (χ4v) is 4.68. The molecule has 1 unspecified atom stereocenters. The number of aromatic nitrogens is 3. The molecule has 0 fully saturated rings. The summed E-state index contributed by atoms with van der Waals surface area (Å²) in [7, 11) is 0. The van der Waals surface area contributed by atoms with Crippen LogP contribution >= 0.6 is 0 Å². The highest BCUT2D eigenvalue weighted by atomic mass is 19.1. The zero-order chi connectivity index (χ0) is 26.4. The number of carboxylic acids is 1. The Hall–Kier alpha value is -4.57. The van der Waals surface area contributed by atoms with Gasteiger partial charge in [0.25, 0.3) is 0 Å². The smallest absolute Gasteiger partial charge is 0.307 e. The summed E-state index contributed by atoms with van der Waals surface area (Å²) in [6, 6.07) is 13.4. The number of imidazole rings is 1. The lowest BCUT2D eigenvalue weighted by Crippen LogP contribution is -2.17. The van der Waals surface area contributed by atoms with Gasteiger partial charge in [-0.3, -0.25) is 4.79 Å². The summed E-state index contributed by atoms with van der Waals surface area (Å²) in [5.74, 6) is -3.68. The highest BCUT2D eigenvalue weighted by Gasteiger charge is 2.28. The fourth-order valence-electron chi connectivity index (χ4n) is 4.68. The number of rotatable bonds is 6. The molecule has 3 N–H and O–H groups in total. The molecule has 0 saturated carbocycles. The molecule has 0 spiro atoms. The Kier molecular flexibility index (Phi) is 5.88. The van der Waals surface area contributed by atoms with Gasteiger partial charge in [0.15, 0.2) is 17.4 Å². The summed E-state index contributed by atoms with van der Waals surface area (Å²) in [4.78, 5) is 21.6. The van der Waals surface area contributed by atoms with Crippen molar-refractivity contribution < 1.29 is 32.5 Å². The van der Waals surface area contributed by atoms with Gasteiger partial charge in [-0.2, -0.15) is 0 Å². The zero-order valence-corrected chi connectivity index (χ0v) is 19.7. The lowest BCUT2D eigenvalue weighted by Gasteiger charge is -2.22. The summed E-state index contributed by atoms with van der Waals surface area (Å²) in [6.45, 7) is 0.383. The number of hydrogen-bond donors (Lipinski definition) is 3. The average Bonchev–Trinajstić information content (AvgIpc) is 3.54. The summed E-state index contributed by atoms with van der Waals surface area (Å²) >= 11 is 0. The minimum Gasteiger partial charge on any atom is -0.481 e. The average molecular weight is 519 g/mol. The van der Waals surface area contributed by atoms with Gasteiger partial charge in [0.2, 0.25) is 0 Å². The molecule has 0 radical (unpaired) electrons. The van der Waals surface area contributed by atoms with Gasteiger partial charge in [-0.25, -0.2) is 18.2 Å². The molecular weight excluding hydrogens is 499 g/mol. The van der Waals surface area contributed by atoms with Gasteiger partial charge in [-0.15, -0.1) is 0 Å². The van der Waals surface area contributed by atoms with Crippen molar-refractivity contribution in [2.75, 3.05) is 6.61 Å². The number of H-pyrrole nitrogens is 2. The number of benzene rings is 3. The Morgan fingerprint density at radius 2 is 1.97 bits per heavy atom. The molecule has 3 aromatic carbocycles. The van der Waals surface area contributed by atoms with Gasteiger partial charge in [0.05, 0.1) is 29.8 Å². The number of aromatic amines is 2. The van der Waals surface area contributed by atoms with Crippen molar-refractivity contribution in [1.29, 1.82) is 0 Å². The molecule has 0 saturated heterocycles. The number of ether oxygens (including phenoxy) is 2. The highest BCUT2D eigenvalue weighted by molar-refractivity contribution is 5.82. The van der Waals surface area contributed by atoms with Gasteiger partial charge < -0.3 is 24.5 Å². The van der Waals surface area contributed by atoms with Crippen molar-refractivity contribution in [1.82, 2.24) is 15.0 Å². The van der Waals surface area contributed by atoms with Gasteiger partial charge >= 0.3 is 5.97 Å². The van der Waals surface area contributed by atoms with E-state index in [1.54, 1.807) is 18.2 Å². The lowest BCUT2D eigenvalue weighted by molar-refractivity contribution is -0.136. The van der Waals surface area contributed by atoms with Crippen LogP contribution in [0.5, 0.6) is 11.5 Å². The van der Waals surface area contributed by atoms with Crippen molar-refractivity contribution in [2.24, 2.45) is 0 Å². The maximum atomic E-state index is 14.9. The molecule has 1 aliphatic rings. The van der Waals surface area contributed by atoms with Gasteiger partial charge in [-0.1, -0.05) is 24.3 Å². The molecule has 38 heavy (non-hydrogen) atoms. The van der Waals surface area contributed by atoms with Crippen molar-refractivity contribution in [3.8, 4) is 22.9 Å². The molecule has 0 bridgehead atoms. The van der Waals surface area contributed by atoms with E-state index in [4.69, 9.17) is 14.6 Å². The molecule has 6 rings (SSSR count). The molecular formula is C28H20F3N3O4. The third-order valence-corrected chi connectivity index (χ3v) is 6.42. The van der Waals surface area contributed by atoms with Crippen LogP contribution in [0.2, 0.25) is 0 Å². The van der Waals surface area contributed by atoms with Crippen LogP contribution in [0.4, 0.5) is 13.2 Å². The predicted octanol–water partition coefficient (Wildman–Crippen LogP) is 6.06. The Labute approximate surface area is 213 Å². The zero-order valence-electron chi connectivity index (χ0n) is 19.7. The topological polar surface area (TPSA) is 100 Å². The molecule has 0 amide bonds. The number of aliphatic carboxylic acids is 1. The maximum absolute atomic E-state index is 14.9. The fraction of sp³-hybridized carbons (Fsp3) is 0.143. The Morgan fingerprint density at radius 3 is 2.82 bits per heavy atom. The van der Waals surface area contributed by atoms with Crippen molar-refractivity contribution in [3.05, 3.63) is 101 Å². The summed E-state index contributed by atoms with van der Waals surface area (Å²) in [5.41, 5.74) is 3.00. The number of nitrogens with one attached hydrogen (secondary N) is 2. The molecule has 5 aromatic rings. The van der Waals surface area contributed by atoms with Gasteiger partial charge in [0.1, 0.15) is 23.5 Å². The Balaban J connectivity index is 1.34. The largest absolute Gasteiger partial charge is 0.481 e. The Bertz CT molecular complexity index is 1690. The minimum absolute atomic E-state index is 0.0256. The van der Waals surface area contributed by atoms with Crippen LogP contribution < -0.4 is 4.74 Å². The second kappa shape index (κ2) is 9.38. The van der Waals surface area contributed by atoms with Gasteiger partial charge in [0, 0.05) is 29.8 Å². The van der Waals surface area contributed by atoms with Gasteiger partial charge in [-0.05, 0) is 35.4 Å². The highest BCUT2D eigenvalue weighted by Crippen LogP contribution is 2.37. The first-order chi connectivity index (χ1) is 18.4. The second-order valence-electron chi connectivity index (χ2n) is 8.95. The Morgan fingerprint density at radius 1 is 1.11 bits per heavy atom. The van der Waals surface area contributed by atoms with E-state index in [1.165, 1.54) is 24.4 Å². The lowest BCUT2D eigenvalue weighted by atomic mass is 9.99. The van der Waals surface area contributed by atoms with Crippen LogP contribution in [0.1, 0.15) is 28.6 Å². The summed E-state index contributed by atoms with van der Waals surface area (Å²) in [6.07, 6.45) is 1.30. The first kappa shape index (κ1) is 23.8. The molecule has 7 nitrogen and oxygen atoms in total. The van der Waals surface area contributed by atoms with Crippen LogP contribution in [-0.2, 0) is 22.4 Å². The number of hydrogen-bond acceptors (Lipinski definition) is 4. The van der Waals surface area contributed by atoms with E-state index in [0.29, 0.717) is 29.8 Å². The van der Waals surface area contributed by atoms with E-state index in [9.17, 15) is 18.0 Å². The van der Waals surface area contributed by atoms with Crippen LogP contribution in [0.3, 0.4) is 0 Å². The minimum atomic E-state index is -0.945. The molecule has 1 atom stereocenters. The summed E-state index contributed by atoms with van der Waals surface area (Å²) in [5, 5.41) is 9.29. The SMILES string of the molecule is O=C(O)Cc1cccc(C2OCCc3[nH]c(-c4cc(Oc5c(F)cc6[nH]ccc6c5F)ccc4F)nc32)c1. The van der Waals surface area contributed by atoms with E-state index in [0.717, 1.165) is 23.4 Å². The molecule has 0 aliphatic carbocycles. The van der Waals surface area contributed by atoms with Crippen LogP contribution in [0.25, 0.3) is 22.3 Å². The molecule has 192 valence electrons. The number of carbonyl (C=O) groups is 1. The van der Waals surface area contributed by atoms with E-state index < -0.39 is 35.3 Å². The van der Waals surface area contributed by atoms with E-state index in [1.807, 2.05) is 6.07 Å². The van der Waals surface area contributed by atoms with E-state index >= 15 is 0 Å². The first-order valence-electron chi connectivity index (χ1n) is 11.8. The molecule has 2 aromatic heterocycles. The van der Waals surface area contributed by atoms with Crippen molar-refractivity contribution in [2.45, 2.75) is 18.9 Å². The number of carboxylic acid groups (broad SMARTS) is 1. The van der Waals surface area contributed by atoms with Crippen LogP contribution in [0, 0.1) is 17.5 Å². The molecule has 3 heterocycles. The van der Waals surface area contributed by atoms with Crippen LogP contribution in [0.15, 0.2) is 60.8 Å². The third kappa shape index (κ3) is 4.28. The van der Waals surface area contributed by atoms with E-state index in [2.05, 4.69) is 15.0 Å². The third-order valence-electron chi connectivity index (χ3n) is 6.42. The monoisotopic (exact) mass is 519 g/mol. The molecule has 1 aliphatic heterocycles. The summed E-state index contributed by atoms with van der Waals surface area (Å²) < 4.78 is 55.9. The van der Waals surface area contributed by atoms with Crippen LogP contribution in [-0.4, -0.2) is 32.6 Å². The normalized spacial score (nSPS) is 15.0. The quantitative estimate of drug-likeness (QED) is 0.253. The molecule has 10 heteroatoms. The second-order valence-corrected chi connectivity index (χ2v) is 8.95. The predicted molar refractivity (Wildman–Crippen MR) is 132 cm³/mol. The standard InChI is InChI=1S/C28H20F3N3O4/c29-19-5-4-16(38-27-20(30)13-22-17(24(27)31)6-8-32-22)12-18(19)28-33-21-7-9-37-26(25(21)34-28)15-3-1-2-14(10-15)11-23(35)36/h1-6,8,10,12-13,26,32H,7,9,11H2,(H,33,34)(H,35,36).